The lowest BCUT2D eigenvalue weighted by atomic mass is 10.2. The smallest absolute Gasteiger partial charge is 0.359 e. The Bertz CT molecular complexity index is 556. The first-order chi connectivity index (χ1) is 10.3. The third-order valence-electron chi connectivity index (χ3n) is 2.59. The summed E-state index contributed by atoms with van der Waals surface area (Å²) in [6.45, 7) is -1.07. The number of Topliss-reactive ketones (excluding diaryl/α,β-unsaturated/α-hetero) is 2. The van der Waals surface area contributed by atoms with Crippen molar-refractivity contribution >= 4 is 27.2 Å². The van der Waals surface area contributed by atoms with Crippen LogP contribution < -0.4 is 0 Å². The molecule has 1 fully saturated rings. The van der Waals surface area contributed by atoms with E-state index >= 15 is 0 Å². The summed E-state index contributed by atoms with van der Waals surface area (Å²) in [4.78, 5) is 40.9. The zero-order valence-corrected chi connectivity index (χ0v) is 14.7. The summed E-state index contributed by atoms with van der Waals surface area (Å²) in [5.41, 5.74) is 0. The Labute approximate surface area is 132 Å². The van der Waals surface area contributed by atoms with Crippen molar-refractivity contribution in [2.45, 2.75) is 6.10 Å². The van der Waals surface area contributed by atoms with E-state index in [4.69, 9.17) is 4.74 Å². The average molecular weight is 376 g/mol. The predicted octanol–water partition coefficient (Wildman–Crippen LogP) is -0.520. The fraction of sp³-hybridized carbons (Fsp3) is 0.800. The highest BCUT2D eigenvalue weighted by atomic mass is 31.3. The fourth-order valence-electron chi connectivity index (χ4n) is 1.40. The molecular formula is C10H20NO10P2+. The van der Waals surface area contributed by atoms with Crippen molar-refractivity contribution in [3.8, 4) is 0 Å². The van der Waals surface area contributed by atoms with E-state index in [1.807, 2.05) is 21.1 Å². The Morgan fingerprint density at radius 2 is 1.74 bits per heavy atom. The summed E-state index contributed by atoms with van der Waals surface area (Å²) in [6, 6.07) is 0. The van der Waals surface area contributed by atoms with E-state index in [1.54, 1.807) is 0 Å². The van der Waals surface area contributed by atoms with Crippen LogP contribution in [0.1, 0.15) is 0 Å². The van der Waals surface area contributed by atoms with Crippen LogP contribution in [0.4, 0.5) is 0 Å². The highest BCUT2D eigenvalue weighted by Crippen LogP contribution is 2.60. The zero-order valence-electron chi connectivity index (χ0n) is 12.9. The number of rotatable bonds is 9. The van der Waals surface area contributed by atoms with Crippen molar-refractivity contribution in [2.24, 2.45) is 0 Å². The molecule has 0 radical (unpaired) electrons. The molecule has 0 spiro atoms. The third kappa shape index (κ3) is 7.75. The van der Waals surface area contributed by atoms with Gasteiger partial charge in [0.1, 0.15) is 25.9 Å². The first kappa shape index (κ1) is 20.6. The van der Waals surface area contributed by atoms with Gasteiger partial charge < -0.3 is 19.0 Å². The van der Waals surface area contributed by atoms with Crippen molar-refractivity contribution < 1.29 is 51.1 Å². The molecule has 0 amide bonds. The van der Waals surface area contributed by atoms with Crippen LogP contribution in [-0.2, 0) is 36.8 Å². The normalized spacial score (nSPS) is 24.5. The minimum absolute atomic E-state index is 0.198. The van der Waals surface area contributed by atoms with Gasteiger partial charge in [-0.2, -0.15) is 4.31 Å². The number of ether oxygens (including phenoxy) is 1. The second kappa shape index (κ2) is 7.60. The van der Waals surface area contributed by atoms with Gasteiger partial charge in [-0.05, 0) is 0 Å². The van der Waals surface area contributed by atoms with Gasteiger partial charge in [-0.1, -0.05) is 0 Å². The molecule has 23 heavy (non-hydrogen) atoms. The highest BCUT2D eigenvalue weighted by Gasteiger charge is 2.39. The number of likely N-dealkylation sites (N-methyl/N-ethyl adjacent to an activating group) is 1. The van der Waals surface area contributed by atoms with Crippen LogP contribution in [-0.4, -0.2) is 79.4 Å². The second-order valence-corrected chi connectivity index (χ2v) is 8.79. The van der Waals surface area contributed by atoms with Gasteiger partial charge in [-0.3, -0.25) is 18.6 Å². The molecule has 1 aliphatic rings. The van der Waals surface area contributed by atoms with Gasteiger partial charge >= 0.3 is 15.6 Å². The summed E-state index contributed by atoms with van der Waals surface area (Å²) < 4.78 is 41.3. The number of ketones is 2. The average Bonchev–Trinajstić information content (AvgIpc) is 2.64. The molecule has 3 atom stereocenters. The maximum Gasteiger partial charge on any atom is 0.481 e. The van der Waals surface area contributed by atoms with E-state index in [2.05, 4.69) is 13.4 Å². The third-order valence-corrected chi connectivity index (χ3v) is 5.23. The van der Waals surface area contributed by atoms with Gasteiger partial charge in [0, 0.05) is 0 Å². The van der Waals surface area contributed by atoms with Crippen molar-refractivity contribution in [2.75, 3.05) is 47.5 Å². The Morgan fingerprint density at radius 3 is 2.22 bits per heavy atom. The van der Waals surface area contributed by atoms with Gasteiger partial charge in [0.05, 0.1) is 27.7 Å². The van der Waals surface area contributed by atoms with Crippen LogP contribution >= 0.6 is 15.6 Å². The van der Waals surface area contributed by atoms with E-state index in [0.717, 1.165) is 0 Å². The topological polar surface area (TPSA) is 146 Å². The Morgan fingerprint density at radius 1 is 1.17 bits per heavy atom. The zero-order chi connectivity index (χ0) is 17.9. The maximum absolute atomic E-state index is 11.6. The summed E-state index contributed by atoms with van der Waals surface area (Å²) >= 11 is 0. The molecule has 0 aliphatic carbocycles. The van der Waals surface area contributed by atoms with Gasteiger partial charge in [-0.15, -0.1) is 0 Å². The Hall–Kier alpha value is -0.480. The Kier molecular flexibility index (Phi) is 6.80. The number of phosphoric acid groups is 2. The molecule has 0 aromatic heterocycles. The van der Waals surface area contributed by atoms with E-state index < -0.39 is 46.5 Å². The Balaban J connectivity index is 2.46. The number of nitrogens with zero attached hydrogens (tertiary/aromatic N) is 1. The van der Waals surface area contributed by atoms with Crippen molar-refractivity contribution in [1.29, 1.82) is 0 Å². The molecule has 134 valence electrons. The molecule has 1 heterocycles. The SMILES string of the molecule is C[N+](C)(C)CCOP(=O)(O)OP(=O)(O)OCC1OCC(=O)C1=O. The van der Waals surface area contributed by atoms with E-state index in [-0.39, 0.29) is 6.61 Å². The van der Waals surface area contributed by atoms with Crippen molar-refractivity contribution in [3.63, 3.8) is 0 Å². The molecular weight excluding hydrogens is 356 g/mol. The highest BCUT2D eigenvalue weighted by molar-refractivity contribution is 7.61. The van der Waals surface area contributed by atoms with Crippen LogP contribution in [0.5, 0.6) is 0 Å². The summed E-state index contributed by atoms with van der Waals surface area (Å²) in [5, 5.41) is 0. The number of hydrogen-bond donors (Lipinski definition) is 2. The number of quaternary nitrogens is 1. The molecule has 2 N–H and O–H groups in total. The van der Waals surface area contributed by atoms with Gasteiger partial charge in [0.2, 0.25) is 11.6 Å². The first-order valence-corrected chi connectivity index (χ1v) is 9.45. The second-order valence-electron chi connectivity index (χ2n) is 5.75. The molecule has 1 rings (SSSR count). The van der Waals surface area contributed by atoms with Crippen molar-refractivity contribution in [1.82, 2.24) is 0 Å². The lowest BCUT2D eigenvalue weighted by Crippen LogP contribution is -2.37. The van der Waals surface area contributed by atoms with Gasteiger partial charge in [0.15, 0.2) is 0 Å². The number of carbonyl (C=O) groups is 2. The number of hydrogen-bond acceptors (Lipinski definition) is 8. The van der Waals surface area contributed by atoms with Crippen molar-refractivity contribution in [3.05, 3.63) is 0 Å². The van der Waals surface area contributed by atoms with Gasteiger partial charge in [0.25, 0.3) is 0 Å². The molecule has 11 nitrogen and oxygen atoms in total. The van der Waals surface area contributed by atoms with Crippen LogP contribution in [0.15, 0.2) is 0 Å². The lowest BCUT2D eigenvalue weighted by Gasteiger charge is -2.24. The summed E-state index contributed by atoms with van der Waals surface area (Å²) in [5.74, 6) is -1.69. The van der Waals surface area contributed by atoms with E-state index in [9.17, 15) is 28.5 Å². The largest absolute Gasteiger partial charge is 0.481 e. The monoisotopic (exact) mass is 376 g/mol. The van der Waals surface area contributed by atoms with Crippen LogP contribution in [0.3, 0.4) is 0 Å². The van der Waals surface area contributed by atoms with Crippen LogP contribution in [0.25, 0.3) is 0 Å². The number of phosphoric ester groups is 2. The molecule has 0 aromatic carbocycles. The molecule has 13 heteroatoms. The van der Waals surface area contributed by atoms with Gasteiger partial charge in [-0.25, -0.2) is 9.13 Å². The van der Waals surface area contributed by atoms with Crippen LogP contribution in [0, 0.1) is 0 Å². The minimum atomic E-state index is -4.98. The summed E-state index contributed by atoms with van der Waals surface area (Å²) in [6.07, 6.45) is -1.34. The molecule has 1 saturated heterocycles. The molecule has 1 aliphatic heterocycles. The fourth-order valence-corrected chi connectivity index (χ4v) is 3.45. The quantitative estimate of drug-likeness (QED) is 0.306. The standard InChI is InChI=1S/C10H19NO10P2/c1-11(2,3)4-5-19-22(14,15)21-23(16,17)20-7-9-10(13)8(12)6-18-9/h9H,4-7H2,1-3H3,(H-,14,15,16,17)/p+1. The lowest BCUT2D eigenvalue weighted by molar-refractivity contribution is -0.870. The minimum Gasteiger partial charge on any atom is -0.359 e. The molecule has 3 unspecified atom stereocenters. The summed E-state index contributed by atoms with van der Waals surface area (Å²) in [7, 11) is -4.37. The maximum atomic E-state index is 11.6. The van der Waals surface area contributed by atoms with E-state index in [0.29, 0.717) is 11.0 Å². The molecule has 0 saturated carbocycles. The number of carbonyl (C=O) groups excluding carboxylic acids is 2. The van der Waals surface area contributed by atoms with E-state index in [1.165, 1.54) is 0 Å². The predicted molar refractivity (Wildman–Crippen MR) is 75.3 cm³/mol. The first-order valence-electron chi connectivity index (χ1n) is 6.46. The molecule has 0 bridgehead atoms. The van der Waals surface area contributed by atoms with Crippen LogP contribution in [0.2, 0.25) is 0 Å². The molecule has 0 aromatic rings.